The van der Waals surface area contributed by atoms with Gasteiger partial charge in [0.15, 0.2) is 5.78 Å². The van der Waals surface area contributed by atoms with E-state index in [-0.39, 0.29) is 11.6 Å². The first-order valence-corrected chi connectivity index (χ1v) is 6.83. The van der Waals surface area contributed by atoms with Crippen LogP contribution in [-0.2, 0) is 0 Å². The summed E-state index contributed by atoms with van der Waals surface area (Å²) in [5.74, 6) is -0.0815. The van der Waals surface area contributed by atoms with E-state index < -0.39 is 0 Å². The molecule has 0 atom stereocenters. The van der Waals surface area contributed by atoms with Crippen LogP contribution in [0.2, 0.25) is 0 Å². The minimum absolute atomic E-state index is 0.0367. The van der Waals surface area contributed by atoms with Crippen LogP contribution >= 0.6 is 11.3 Å². The lowest BCUT2D eigenvalue weighted by atomic mass is 9.87. The number of fused-ring (bicyclic) bond motifs is 3. The molecule has 90 valence electrons. The van der Waals surface area contributed by atoms with E-state index in [1.807, 2.05) is 36.4 Å². The van der Waals surface area contributed by atoms with Crippen LogP contribution in [0.4, 0.5) is 0 Å². The molecule has 19 heavy (non-hydrogen) atoms. The zero-order valence-electron chi connectivity index (χ0n) is 9.84. The quantitative estimate of drug-likeness (QED) is 0.485. The third-order valence-corrected chi connectivity index (χ3v) is 4.40. The summed E-state index contributed by atoms with van der Waals surface area (Å²) in [6.07, 6.45) is 0. The van der Waals surface area contributed by atoms with E-state index in [2.05, 4.69) is 0 Å². The van der Waals surface area contributed by atoms with Crippen LogP contribution in [0.3, 0.4) is 0 Å². The van der Waals surface area contributed by atoms with E-state index in [0.29, 0.717) is 21.6 Å². The Hall–Kier alpha value is -2.26. The summed E-state index contributed by atoms with van der Waals surface area (Å²) in [4.78, 5) is 25.4. The lowest BCUT2D eigenvalue weighted by molar-refractivity contribution is 0.0982. The number of hydrogen-bond donors (Lipinski definition) is 0. The maximum atomic E-state index is 12.4. The second-order valence-electron chi connectivity index (χ2n) is 4.57. The van der Waals surface area contributed by atoms with Crippen molar-refractivity contribution in [2.75, 3.05) is 0 Å². The van der Waals surface area contributed by atoms with Crippen LogP contribution in [0.5, 0.6) is 0 Å². The summed E-state index contributed by atoms with van der Waals surface area (Å²) >= 11 is 1.34. The first-order valence-electron chi connectivity index (χ1n) is 5.95. The Morgan fingerprint density at radius 2 is 1.37 bits per heavy atom. The Bertz CT molecular complexity index is 789. The predicted octanol–water partition coefficient (Wildman–Crippen LogP) is 3.68. The second-order valence-corrected chi connectivity index (χ2v) is 5.48. The van der Waals surface area contributed by atoms with Gasteiger partial charge >= 0.3 is 0 Å². The largest absolute Gasteiger partial charge is 0.289 e. The van der Waals surface area contributed by atoms with Gasteiger partial charge < -0.3 is 0 Å². The number of thiophene rings is 1. The Labute approximate surface area is 113 Å². The summed E-state index contributed by atoms with van der Waals surface area (Å²) in [5.41, 5.74) is 1.59. The van der Waals surface area contributed by atoms with Gasteiger partial charge in [-0.15, -0.1) is 11.3 Å². The van der Waals surface area contributed by atoms with Crippen molar-refractivity contribution in [3.8, 4) is 0 Å². The third kappa shape index (κ3) is 1.36. The van der Waals surface area contributed by atoms with Gasteiger partial charge in [-0.2, -0.15) is 0 Å². The topological polar surface area (TPSA) is 34.1 Å². The van der Waals surface area contributed by atoms with Crippen LogP contribution in [0.15, 0.2) is 47.8 Å². The molecule has 0 N–H and O–H groups in total. The van der Waals surface area contributed by atoms with Gasteiger partial charge in [-0.25, -0.2) is 0 Å². The highest BCUT2D eigenvalue weighted by Gasteiger charge is 2.30. The van der Waals surface area contributed by atoms with E-state index in [4.69, 9.17) is 0 Å². The highest BCUT2D eigenvalue weighted by molar-refractivity contribution is 7.12. The highest BCUT2D eigenvalue weighted by Crippen LogP contribution is 2.33. The van der Waals surface area contributed by atoms with Crippen LogP contribution in [0.25, 0.3) is 10.8 Å². The molecule has 3 heteroatoms. The lowest BCUT2D eigenvalue weighted by Crippen LogP contribution is -2.18. The first kappa shape index (κ1) is 10.6. The number of benzene rings is 2. The fraction of sp³-hybridized carbons (Fsp3) is 0. The van der Waals surface area contributed by atoms with E-state index in [9.17, 15) is 9.59 Å². The SMILES string of the molecule is O=C1c2cc3ccccc3cc2C(=O)c2sccc21. The number of hydrogen-bond acceptors (Lipinski definition) is 3. The normalized spacial score (nSPS) is 13.5. The molecule has 1 aliphatic rings. The molecule has 0 aliphatic heterocycles. The fourth-order valence-electron chi connectivity index (χ4n) is 2.55. The molecule has 0 amide bonds. The standard InChI is InChI=1S/C16H8O2S/c17-14-11-5-6-19-16(11)15(18)13-8-10-4-2-1-3-9(10)7-12(13)14/h1-8H. The molecule has 0 bridgehead atoms. The zero-order valence-corrected chi connectivity index (χ0v) is 10.7. The molecule has 3 aromatic rings. The summed E-state index contributed by atoms with van der Waals surface area (Å²) in [6.45, 7) is 0. The van der Waals surface area contributed by atoms with E-state index in [0.717, 1.165) is 10.8 Å². The van der Waals surface area contributed by atoms with Crippen molar-refractivity contribution in [2.24, 2.45) is 0 Å². The van der Waals surface area contributed by atoms with Crippen molar-refractivity contribution >= 4 is 33.7 Å². The van der Waals surface area contributed by atoms with Gasteiger partial charge in [0.2, 0.25) is 5.78 Å². The third-order valence-electron chi connectivity index (χ3n) is 3.49. The molecule has 0 spiro atoms. The van der Waals surface area contributed by atoms with Crippen molar-refractivity contribution in [3.05, 3.63) is 69.4 Å². The average Bonchev–Trinajstić information content (AvgIpc) is 2.93. The predicted molar refractivity (Wildman–Crippen MR) is 75.1 cm³/mol. The summed E-state index contributed by atoms with van der Waals surface area (Å²) in [5, 5.41) is 3.77. The molecule has 1 heterocycles. The Kier molecular flexibility index (Phi) is 2.03. The maximum Gasteiger partial charge on any atom is 0.204 e. The van der Waals surface area contributed by atoms with Crippen LogP contribution < -0.4 is 0 Å². The Morgan fingerprint density at radius 3 is 2.05 bits per heavy atom. The van der Waals surface area contributed by atoms with Gasteiger partial charge in [0, 0.05) is 16.7 Å². The smallest absolute Gasteiger partial charge is 0.204 e. The van der Waals surface area contributed by atoms with Gasteiger partial charge in [-0.05, 0) is 34.4 Å². The van der Waals surface area contributed by atoms with E-state index in [1.165, 1.54) is 11.3 Å². The monoisotopic (exact) mass is 264 g/mol. The van der Waals surface area contributed by atoms with E-state index in [1.54, 1.807) is 11.4 Å². The molecule has 0 fully saturated rings. The van der Waals surface area contributed by atoms with Gasteiger partial charge in [0.05, 0.1) is 4.88 Å². The molecule has 1 aromatic heterocycles. The van der Waals surface area contributed by atoms with Gasteiger partial charge in [-0.1, -0.05) is 24.3 Å². The zero-order chi connectivity index (χ0) is 13.0. The number of ketones is 2. The van der Waals surface area contributed by atoms with Gasteiger partial charge in [0.25, 0.3) is 0 Å². The first-order chi connectivity index (χ1) is 9.25. The second kappa shape index (κ2) is 3.62. The van der Waals surface area contributed by atoms with Crippen molar-refractivity contribution in [1.29, 1.82) is 0 Å². The van der Waals surface area contributed by atoms with Gasteiger partial charge in [-0.3, -0.25) is 9.59 Å². The van der Waals surface area contributed by atoms with Crippen molar-refractivity contribution < 1.29 is 9.59 Å². The number of carbonyl (C=O) groups excluding carboxylic acids is 2. The maximum absolute atomic E-state index is 12.4. The molecule has 0 saturated carbocycles. The summed E-state index contributed by atoms with van der Waals surface area (Å²) in [6, 6.07) is 13.2. The average molecular weight is 264 g/mol. The van der Waals surface area contributed by atoms with Crippen molar-refractivity contribution in [3.63, 3.8) is 0 Å². The van der Waals surface area contributed by atoms with Crippen molar-refractivity contribution in [1.82, 2.24) is 0 Å². The molecule has 2 aromatic carbocycles. The van der Waals surface area contributed by atoms with Crippen LogP contribution in [0.1, 0.15) is 31.2 Å². The molecule has 0 saturated heterocycles. The van der Waals surface area contributed by atoms with Gasteiger partial charge in [0.1, 0.15) is 0 Å². The lowest BCUT2D eigenvalue weighted by Gasteiger charge is -2.15. The number of rotatable bonds is 0. The number of carbonyl (C=O) groups is 2. The van der Waals surface area contributed by atoms with Crippen molar-refractivity contribution in [2.45, 2.75) is 0 Å². The molecule has 2 nitrogen and oxygen atoms in total. The van der Waals surface area contributed by atoms with Crippen LogP contribution in [0, 0.1) is 0 Å². The Morgan fingerprint density at radius 1 is 0.737 bits per heavy atom. The van der Waals surface area contributed by atoms with Crippen LogP contribution in [-0.4, -0.2) is 11.6 Å². The molecule has 0 radical (unpaired) electrons. The summed E-state index contributed by atoms with van der Waals surface area (Å²) in [7, 11) is 0. The molecule has 4 rings (SSSR count). The molecular weight excluding hydrogens is 256 g/mol. The highest BCUT2D eigenvalue weighted by atomic mass is 32.1. The minimum Gasteiger partial charge on any atom is -0.289 e. The Balaban J connectivity index is 2.10. The summed E-state index contributed by atoms with van der Waals surface area (Å²) < 4.78 is 0. The minimum atomic E-state index is -0.0448. The van der Waals surface area contributed by atoms with E-state index >= 15 is 0 Å². The fourth-order valence-corrected chi connectivity index (χ4v) is 3.39. The molecule has 1 aliphatic carbocycles. The molecule has 0 unspecified atom stereocenters. The molecular formula is C16H8O2S.